The molecule has 1 saturated heterocycles. The van der Waals surface area contributed by atoms with Gasteiger partial charge in [-0.05, 0) is 44.9 Å². The summed E-state index contributed by atoms with van der Waals surface area (Å²) in [7, 11) is 0. The third-order valence-electron chi connectivity index (χ3n) is 12.5. The van der Waals surface area contributed by atoms with Crippen molar-refractivity contribution < 1.29 is 49.3 Å². The van der Waals surface area contributed by atoms with Gasteiger partial charge in [0.15, 0.2) is 12.4 Å². The Morgan fingerprint density at radius 1 is 0.597 bits per heavy atom. The maximum Gasteiger partial charge on any atom is 0.306 e. The molecule has 1 rings (SSSR count). The molecule has 1 fully saturated rings. The van der Waals surface area contributed by atoms with Gasteiger partial charge in [0.2, 0.25) is 5.91 Å². The van der Waals surface area contributed by atoms with E-state index in [9.17, 15) is 35.1 Å². The minimum atomic E-state index is -1.63. The zero-order valence-electron chi connectivity index (χ0n) is 42.5. The highest BCUT2D eigenvalue weighted by atomic mass is 16.7. The number of unbranched alkanes of at least 4 members (excludes halogenated alkanes) is 25. The molecule has 1 amide bonds. The van der Waals surface area contributed by atoms with Gasteiger partial charge >= 0.3 is 5.97 Å². The summed E-state index contributed by atoms with van der Waals surface area (Å²) in [5.41, 5.74) is 0. The van der Waals surface area contributed by atoms with Gasteiger partial charge in [-0.25, -0.2) is 0 Å². The highest BCUT2D eigenvalue weighted by molar-refractivity contribution is 5.80. The lowest BCUT2D eigenvalue weighted by atomic mass is 9.99. The Hall–Kier alpha value is -2.64. The Labute approximate surface area is 408 Å². The first-order valence-electron chi connectivity index (χ1n) is 27.1. The van der Waals surface area contributed by atoms with Crippen molar-refractivity contribution >= 4 is 11.9 Å². The first kappa shape index (κ1) is 62.4. The molecule has 0 spiro atoms. The van der Waals surface area contributed by atoms with E-state index in [-0.39, 0.29) is 19.4 Å². The number of hydrogen-bond acceptors (Lipinski definition) is 10. The molecule has 11 heteroatoms. The largest absolute Gasteiger partial charge is 0.454 e. The topological polar surface area (TPSA) is 175 Å². The molecule has 6 N–H and O–H groups in total. The number of allylic oxidation sites excluding steroid dienone is 9. The maximum atomic E-state index is 13.3. The minimum absolute atomic E-state index is 0.0769. The van der Waals surface area contributed by atoms with Crippen molar-refractivity contribution in [1.82, 2.24) is 5.32 Å². The van der Waals surface area contributed by atoms with Crippen LogP contribution in [0.5, 0.6) is 0 Å². The van der Waals surface area contributed by atoms with Gasteiger partial charge in [-0.1, -0.05) is 229 Å². The number of hydrogen-bond donors (Lipinski definition) is 6. The predicted octanol–water partition coefficient (Wildman–Crippen LogP) is 11.5. The van der Waals surface area contributed by atoms with Crippen LogP contribution in [0.2, 0.25) is 0 Å². The van der Waals surface area contributed by atoms with Crippen LogP contribution >= 0.6 is 0 Å². The molecule has 1 aliphatic heterocycles. The highest BCUT2D eigenvalue weighted by Gasteiger charge is 2.47. The van der Waals surface area contributed by atoms with Crippen molar-refractivity contribution in [3.63, 3.8) is 0 Å². The molecular formula is C56H99NO10. The van der Waals surface area contributed by atoms with Gasteiger partial charge in [0.25, 0.3) is 0 Å². The molecule has 0 aliphatic carbocycles. The molecule has 0 aromatic rings. The van der Waals surface area contributed by atoms with Crippen LogP contribution in [0.3, 0.4) is 0 Å². The number of rotatable bonds is 44. The maximum absolute atomic E-state index is 13.3. The Bertz CT molecular complexity index is 1320. The zero-order chi connectivity index (χ0) is 49.0. The Morgan fingerprint density at radius 2 is 1.07 bits per heavy atom. The van der Waals surface area contributed by atoms with E-state index in [1.807, 2.05) is 42.5 Å². The Balaban J connectivity index is 2.78. The number of aliphatic hydroxyl groups excluding tert-OH is 5. The van der Waals surface area contributed by atoms with Crippen LogP contribution in [0.1, 0.15) is 220 Å². The van der Waals surface area contributed by atoms with Crippen LogP contribution in [0, 0.1) is 0 Å². The van der Waals surface area contributed by atoms with Crippen LogP contribution in [0.25, 0.3) is 0 Å². The molecule has 1 heterocycles. The van der Waals surface area contributed by atoms with E-state index in [0.717, 1.165) is 64.2 Å². The summed E-state index contributed by atoms with van der Waals surface area (Å²) in [4.78, 5) is 26.3. The van der Waals surface area contributed by atoms with Gasteiger partial charge in [-0.3, -0.25) is 9.59 Å². The first-order valence-corrected chi connectivity index (χ1v) is 27.1. The summed E-state index contributed by atoms with van der Waals surface area (Å²) in [6, 6.07) is -1.03. The number of carbonyl (C=O) groups is 2. The molecule has 0 radical (unpaired) electrons. The summed E-state index contributed by atoms with van der Waals surface area (Å²) in [6.45, 7) is 5.59. The molecule has 67 heavy (non-hydrogen) atoms. The number of nitrogens with one attached hydrogen (secondary N) is 1. The first-order chi connectivity index (χ1) is 32.7. The fourth-order valence-corrected chi connectivity index (χ4v) is 8.19. The highest BCUT2D eigenvalue weighted by Crippen LogP contribution is 2.26. The fraction of sp³-hybridized carbons (Fsp3) is 0.786. The number of esters is 1. The Morgan fingerprint density at radius 3 is 1.61 bits per heavy atom. The van der Waals surface area contributed by atoms with Crippen molar-refractivity contribution in [3.05, 3.63) is 60.8 Å². The average Bonchev–Trinajstić information content (AvgIpc) is 3.32. The van der Waals surface area contributed by atoms with Gasteiger partial charge in [-0.2, -0.15) is 0 Å². The van der Waals surface area contributed by atoms with E-state index < -0.39 is 67.4 Å². The quantitative estimate of drug-likeness (QED) is 0.0149. The lowest BCUT2D eigenvalue weighted by Crippen LogP contribution is -2.61. The molecule has 388 valence electrons. The molecule has 11 nitrogen and oxygen atoms in total. The van der Waals surface area contributed by atoms with Gasteiger partial charge in [-0.15, -0.1) is 0 Å². The van der Waals surface area contributed by atoms with E-state index in [1.54, 1.807) is 6.08 Å². The number of amides is 1. The van der Waals surface area contributed by atoms with Crippen molar-refractivity contribution in [2.24, 2.45) is 0 Å². The predicted molar refractivity (Wildman–Crippen MR) is 273 cm³/mol. The van der Waals surface area contributed by atoms with E-state index >= 15 is 0 Å². The second-order valence-electron chi connectivity index (χ2n) is 18.7. The van der Waals surface area contributed by atoms with Crippen LogP contribution in [-0.2, 0) is 23.8 Å². The summed E-state index contributed by atoms with van der Waals surface area (Å²) in [6.07, 6.45) is 42.7. The van der Waals surface area contributed by atoms with E-state index in [1.165, 1.54) is 109 Å². The number of carbonyl (C=O) groups excluding carboxylic acids is 2. The molecule has 0 aromatic carbocycles. The van der Waals surface area contributed by atoms with Gasteiger partial charge < -0.3 is 45.1 Å². The smallest absolute Gasteiger partial charge is 0.306 e. The molecule has 8 atom stereocenters. The summed E-state index contributed by atoms with van der Waals surface area (Å²) in [5.74, 6) is -1.24. The van der Waals surface area contributed by atoms with Crippen LogP contribution in [0.15, 0.2) is 60.8 Å². The molecule has 0 aromatic heterocycles. The summed E-state index contributed by atoms with van der Waals surface area (Å²) < 4.78 is 17.5. The van der Waals surface area contributed by atoms with Gasteiger partial charge in [0, 0.05) is 6.42 Å². The number of aliphatic hydroxyl groups is 5. The van der Waals surface area contributed by atoms with Crippen molar-refractivity contribution in [3.8, 4) is 0 Å². The van der Waals surface area contributed by atoms with Crippen molar-refractivity contribution in [2.45, 2.75) is 269 Å². The van der Waals surface area contributed by atoms with Crippen molar-refractivity contribution in [2.75, 3.05) is 13.2 Å². The van der Waals surface area contributed by atoms with E-state index in [2.05, 4.69) is 38.2 Å². The van der Waals surface area contributed by atoms with E-state index in [0.29, 0.717) is 12.8 Å². The molecule has 0 saturated carbocycles. The van der Waals surface area contributed by atoms with Gasteiger partial charge in [0.05, 0.1) is 25.4 Å². The second kappa shape index (κ2) is 44.6. The normalized spacial score (nSPS) is 20.5. The monoisotopic (exact) mass is 946 g/mol. The SMILES string of the molecule is CC/C=C/C=C/C=C\C=C/CCCCCC(=O)OC1C(OCC(NC(=O)C(O)CCCCCCCCCCCCCCCC)C(O)/C=C/CCCCCCCCCCC)OC(CO)C(O)C1O. The van der Waals surface area contributed by atoms with Crippen LogP contribution < -0.4 is 5.32 Å². The van der Waals surface area contributed by atoms with Crippen molar-refractivity contribution in [1.29, 1.82) is 0 Å². The third-order valence-corrected chi connectivity index (χ3v) is 12.5. The number of ether oxygens (including phenoxy) is 3. The zero-order valence-corrected chi connectivity index (χ0v) is 42.5. The molecule has 8 unspecified atom stereocenters. The standard InChI is InChI=1S/C56H99NO10/c1-4-7-10-13-16-19-22-24-26-28-31-34-37-40-43-49(60)55(64)57-47(48(59)42-39-36-33-30-27-21-18-15-12-9-6-3)46-65-56-54(53(63)52(62)50(45-58)66-56)67-51(61)44-41-38-35-32-29-25-23-20-17-14-11-8-5-2/h8,11,14,17,20,23,25,29,39,42,47-50,52-54,56,58-60,62-63H,4-7,9-10,12-13,15-16,18-19,21-22,24,26-28,30-38,40-41,43-46H2,1-3H3,(H,57,64)/b11-8+,17-14+,23-20-,29-25-,42-39+. The molecule has 1 aliphatic rings. The second-order valence-corrected chi connectivity index (χ2v) is 18.7. The van der Waals surface area contributed by atoms with Gasteiger partial charge in [0.1, 0.15) is 24.4 Å². The summed E-state index contributed by atoms with van der Waals surface area (Å²) in [5, 5.41) is 56.6. The summed E-state index contributed by atoms with van der Waals surface area (Å²) >= 11 is 0. The lowest BCUT2D eigenvalue weighted by Gasteiger charge is -2.41. The molecule has 0 bridgehead atoms. The lowest BCUT2D eigenvalue weighted by molar-refractivity contribution is -0.305. The van der Waals surface area contributed by atoms with E-state index in [4.69, 9.17) is 14.2 Å². The Kier molecular flexibility index (Phi) is 41.5. The van der Waals surface area contributed by atoms with Crippen LogP contribution in [-0.4, -0.2) is 99.6 Å². The average molecular weight is 946 g/mol. The fourth-order valence-electron chi connectivity index (χ4n) is 8.19. The minimum Gasteiger partial charge on any atom is -0.454 e. The molecular weight excluding hydrogens is 847 g/mol. The van der Waals surface area contributed by atoms with Crippen LogP contribution in [0.4, 0.5) is 0 Å². The third kappa shape index (κ3) is 33.5.